The summed E-state index contributed by atoms with van der Waals surface area (Å²) in [7, 11) is 0. The number of aromatic nitrogens is 2. The van der Waals surface area contributed by atoms with Crippen LogP contribution >= 0.6 is 0 Å². The second-order valence-corrected chi connectivity index (χ2v) is 3.05. The van der Waals surface area contributed by atoms with Crippen LogP contribution in [0.1, 0.15) is 12.1 Å². The fourth-order valence-electron chi connectivity index (χ4n) is 1.09. The van der Waals surface area contributed by atoms with E-state index in [-0.39, 0.29) is 6.04 Å². The zero-order valence-electron chi connectivity index (χ0n) is 7.66. The molecule has 0 saturated heterocycles. The monoisotopic (exact) mass is 183 g/mol. The van der Waals surface area contributed by atoms with E-state index in [1.54, 1.807) is 12.5 Å². The SMILES string of the molecule is NCCC(N)CNCc1cnc[nH]1. The summed E-state index contributed by atoms with van der Waals surface area (Å²) in [5.74, 6) is 0. The Morgan fingerprint density at radius 1 is 1.62 bits per heavy atom. The van der Waals surface area contributed by atoms with Gasteiger partial charge in [-0.15, -0.1) is 0 Å². The van der Waals surface area contributed by atoms with Crippen LogP contribution in [0.3, 0.4) is 0 Å². The molecule has 0 aliphatic heterocycles. The van der Waals surface area contributed by atoms with Gasteiger partial charge in [0.2, 0.25) is 0 Å². The first kappa shape index (κ1) is 10.2. The molecule has 1 atom stereocenters. The lowest BCUT2D eigenvalue weighted by Gasteiger charge is -2.10. The Morgan fingerprint density at radius 2 is 2.46 bits per heavy atom. The number of nitrogens with one attached hydrogen (secondary N) is 2. The zero-order valence-corrected chi connectivity index (χ0v) is 7.66. The summed E-state index contributed by atoms with van der Waals surface area (Å²) in [4.78, 5) is 6.91. The summed E-state index contributed by atoms with van der Waals surface area (Å²) in [5, 5.41) is 3.22. The first-order valence-corrected chi connectivity index (χ1v) is 4.46. The minimum atomic E-state index is 0.146. The van der Waals surface area contributed by atoms with Crippen molar-refractivity contribution in [2.45, 2.75) is 19.0 Å². The maximum absolute atomic E-state index is 5.76. The van der Waals surface area contributed by atoms with Gasteiger partial charge in [0.25, 0.3) is 0 Å². The van der Waals surface area contributed by atoms with Crippen molar-refractivity contribution in [2.75, 3.05) is 13.1 Å². The molecule has 0 saturated carbocycles. The summed E-state index contributed by atoms with van der Waals surface area (Å²) < 4.78 is 0. The quantitative estimate of drug-likeness (QED) is 0.463. The Bertz CT molecular complexity index is 208. The van der Waals surface area contributed by atoms with E-state index in [2.05, 4.69) is 15.3 Å². The number of H-pyrrole nitrogens is 1. The topological polar surface area (TPSA) is 92.8 Å². The summed E-state index contributed by atoms with van der Waals surface area (Å²) in [6.45, 7) is 2.21. The van der Waals surface area contributed by atoms with Crippen molar-refractivity contribution in [3.8, 4) is 0 Å². The summed E-state index contributed by atoms with van der Waals surface area (Å²) in [6, 6.07) is 0.146. The standard InChI is InChI=1S/C8H17N5/c9-2-1-7(10)3-11-4-8-5-12-6-13-8/h5-7,11H,1-4,9-10H2,(H,12,13). The van der Waals surface area contributed by atoms with Crippen LogP contribution in [0.5, 0.6) is 0 Å². The smallest absolute Gasteiger partial charge is 0.0922 e. The van der Waals surface area contributed by atoms with Crippen LogP contribution in [-0.4, -0.2) is 29.1 Å². The van der Waals surface area contributed by atoms with Crippen LogP contribution in [0.15, 0.2) is 12.5 Å². The van der Waals surface area contributed by atoms with Gasteiger partial charge >= 0.3 is 0 Å². The Hall–Kier alpha value is -0.910. The van der Waals surface area contributed by atoms with Crippen molar-refractivity contribution < 1.29 is 0 Å². The highest BCUT2D eigenvalue weighted by atomic mass is 14.9. The first-order valence-electron chi connectivity index (χ1n) is 4.46. The number of hydrogen-bond acceptors (Lipinski definition) is 4. The van der Waals surface area contributed by atoms with E-state index in [1.165, 1.54) is 0 Å². The molecule has 1 aromatic rings. The number of rotatable bonds is 6. The molecule has 1 unspecified atom stereocenters. The second-order valence-electron chi connectivity index (χ2n) is 3.05. The molecule has 74 valence electrons. The highest BCUT2D eigenvalue weighted by molar-refractivity contribution is 4.93. The fourth-order valence-corrected chi connectivity index (χ4v) is 1.09. The second kappa shape index (κ2) is 5.69. The molecule has 6 N–H and O–H groups in total. The van der Waals surface area contributed by atoms with Gasteiger partial charge < -0.3 is 21.8 Å². The van der Waals surface area contributed by atoms with Crippen molar-refractivity contribution in [3.05, 3.63) is 18.2 Å². The van der Waals surface area contributed by atoms with Gasteiger partial charge in [0.15, 0.2) is 0 Å². The summed E-state index contributed by atoms with van der Waals surface area (Å²) in [5.41, 5.74) is 12.2. The van der Waals surface area contributed by atoms with E-state index in [1.807, 2.05) is 0 Å². The fraction of sp³-hybridized carbons (Fsp3) is 0.625. The maximum Gasteiger partial charge on any atom is 0.0922 e. The third kappa shape index (κ3) is 4.02. The molecule has 13 heavy (non-hydrogen) atoms. The van der Waals surface area contributed by atoms with E-state index in [0.717, 1.165) is 25.2 Å². The predicted octanol–water partition coefficient (Wildman–Crippen LogP) is -0.825. The van der Waals surface area contributed by atoms with Crippen molar-refractivity contribution in [2.24, 2.45) is 11.5 Å². The number of aromatic amines is 1. The molecule has 0 radical (unpaired) electrons. The number of imidazole rings is 1. The number of hydrogen-bond donors (Lipinski definition) is 4. The van der Waals surface area contributed by atoms with E-state index in [4.69, 9.17) is 11.5 Å². The Balaban J connectivity index is 2.07. The average Bonchev–Trinajstić information content (AvgIpc) is 2.57. The van der Waals surface area contributed by atoms with Gasteiger partial charge in [0, 0.05) is 31.0 Å². The summed E-state index contributed by atoms with van der Waals surface area (Å²) >= 11 is 0. The number of nitrogens with two attached hydrogens (primary N) is 2. The van der Waals surface area contributed by atoms with E-state index in [0.29, 0.717) is 6.54 Å². The van der Waals surface area contributed by atoms with Crippen LogP contribution in [0.25, 0.3) is 0 Å². The molecule has 1 rings (SSSR count). The van der Waals surface area contributed by atoms with Gasteiger partial charge in [-0.3, -0.25) is 0 Å². The van der Waals surface area contributed by atoms with Gasteiger partial charge in [-0.25, -0.2) is 4.98 Å². The van der Waals surface area contributed by atoms with Crippen LogP contribution in [0.2, 0.25) is 0 Å². The molecule has 0 amide bonds. The Kier molecular flexibility index (Phi) is 4.45. The molecular formula is C8H17N5. The van der Waals surface area contributed by atoms with Gasteiger partial charge in [-0.2, -0.15) is 0 Å². The van der Waals surface area contributed by atoms with Crippen LogP contribution < -0.4 is 16.8 Å². The zero-order chi connectivity index (χ0) is 9.52. The number of nitrogens with zero attached hydrogens (tertiary/aromatic N) is 1. The molecule has 0 bridgehead atoms. The molecule has 1 heterocycles. The van der Waals surface area contributed by atoms with Crippen molar-refractivity contribution in [3.63, 3.8) is 0 Å². The van der Waals surface area contributed by atoms with E-state index in [9.17, 15) is 0 Å². The predicted molar refractivity (Wildman–Crippen MR) is 51.9 cm³/mol. The Labute approximate surface area is 77.9 Å². The molecule has 1 aromatic heterocycles. The minimum absolute atomic E-state index is 0.146. The molecule has 5 nitrogen and oxygen atoms in total. The normalized spacial score (nSPS) is 13.1. The molecular weight excluding hydrogens is 166 g/mol. The van der Waals surface area contributed by atoms with Crippen LogP contribution in [0.4, 0.5) is 0 Å². The molecule has 5 heteroatoms. The molecule has 0 aliphatic rings. The minimum Gasteiger partial charge on any atom is -0.347 e. The van der Waals surface area contributed by atoms with Gasteiger partial charge in [-0.1, -0.05) is 0 Å². The molecule has 0 fully saturated rings. The van der Waals surface area contributed by atoms with Gasteiger partial charge in [0.05, 0.1) is 6.33 Å². The van der Waals surface area contributed by atoms with Crippen molar-refractivity contribution in [1.29, 1.82) is 0 Å². The molecule has 0 aliphatic carbocycles. The first-order chi connectivity index (χ1) is 6.33. The van der Waals surface area contributed by atoms with Crippen LogP contribution in [-0.2, 0) is 6.54 Å². The van der Waals surface area contributed by atoms with E-state index < -0.39 is 0 Å². The lowest BCUT2D eigenvalue weighted by Crippen LogP contribution is -2.35. The highest BCUT2D eigenvalue weighted by Crippen LogP contribution is 1.89. The third-order valence-corrected chi connectivity index (χ3v) is 1.81. The van der Waals surface area contributed by atoms with Crippen molar-refractivity contribution >= 4 is 0 Å². The summed E-state index contributed by atoms with van der Waals surface area (Å²) in [6.07, 6.45) is 4.31. The lowest BCUT2D eigenvalue weighted by atomic mass is 10.2. The average molecular weight is 183 g/mol. The third-order valence-electron chi connectivity index (χ3n) is 1.81. The molecule has 0 aromatic carbocycles. The largest absolute Gasteiger partial charge is 0.347 e. The van der Waals surface area contributed by atoms with Gasteiger partial charge in [-0.05, 0) is 13.0 Å². The highest BCUT2D eigenvalue weighted by Gasteiger charge is 2.00. The van der Waals surface area contributed by atoms with Crippen LogP contribution in [0, 0.1) is 0 Å². The lowest BCUT2D eigenvalue weighted by molar-refractivity contribution is 0.547. The van der Waals surface area contributed by atoms with E-state index >= 15 is 0 Å². The Morgan fingerprint density at radius 3 is 3.08 bits per heavy atom. The van der Waals surface area contributed by atoms with Crippen molar-refractivity contribution in [1.82, 2.24) is 15.3 Å². The maximum atomic E-state index is 5.76. The molecule has 0 spiro atoms. The van der Waals surface area contributed by atoms with Gasteiger partial charge in [0.1, 0.15) is 0 Å².